The Balaban J connectivity index is 2.58. The van der Waals surface area contributed by atoms with E-state index >= 15 is 0 Å². The third-order valence-electron chi connectivity index (χ3n) is 2.27. The van der Waals surface area contributed by atoms with Gasteiger partial charge in [0.25, 0.3) is 0 Å². The number of thiocarbonyl (C=S) groups is 1. The zero-order valence-electron chi connectivity index (χ0n) is 8.88. The molecule has 0 aliphatic heterocycles. The first kappa shape index (κ1) is 12.5. The summed E-state index contributed by atoms with van der Waals surface area (Å²) < 4.78 is 1.11. The van der Waals surface area contributed by atoms with Crippen LogP contribution in [0, 0.1) is 12.8 Å². The summed E-state index contributed by atoms with van der Waals surface area (Å²) in [6, 6.07) is 6.17. The normalized spacial score (nSPS) is 12.2. The average Bonchev–Trinajstić information content (AvgIpc) is 2.19. The zero-order chi connectivity index (χ0) is 11.4. The van der Waals surface area contributed by atoms with Crippen LogP contribution in [0.5, 0.6) is 0 Å². The van der Waals surface area contributed by atoms with Gasteiger partial charge in [-0.25, -0.2) is 0 Å². The first-order valence-corrected chi connectivity index (χ1v) is 6.00. The molecule has 0 spiro atoms. The number of hydrogen-bond acceptors (Lipinski definition) is 2. The molecule has 0 heterocycles. The van der Waals surface area contributed by atoms with Crippen LogP contribution in [0.15, 0.2) is 22.7 Å². The fourth-order valence-electron chi connectivity index (χ4n) is 1.07. The van der Waals surface area contributed by atoms with Gasteiger partial charge < -0.3 is 11.1 Å². The molecule has 1 aromatic rings. The van der Waals surface area contributed by atoms with Crippen molar-refractivity contribution >= 4 is 38.8 Å². The third-order valence-corrected chi connectivity index (χ3v) is 3.53. The lowest BCUT2D eigenvalue weighted by Gasteiger charge is -2.12. The van der Waals surface area contributed by atoms with E-state index in [4.69, 9.17) is 18.0 Å². The second kappa shape index (κ2) is 5.47. The first-order valence-electron chi connectivity index (χ1n) is 4.80. The van der Waals surface area contributed by atoms with E-state index in [0.29, 0.717) is 4.99 Å². The van der Waals surface area contributed by atoms with Crippen molar-refractivity contribution in [3.8, 4) is 0 Å². The molecule has 1 unspecified atom stereocenters. The van der Waals surface area contributed by atoms with Gasteiger partial charge in [0.1, 0.15) is 0 Å². The summed E-state index contributed by atoms with van der Waals surface area (Å²) in [6.07, 6.45) is 0. The van der Waals surface area contributed by atoms with E-state index < -0.39 is 0 Å². The minimum Gasteiger partial charge on any atom is -0.393 e. The fourth-order valence-corrected chi connectivity index (χ4v) is 1.54. The summed E-state index contributed by atoms with van der Waals surface area (Å²) in [7, 11) is 0. The molecule has 0 saturated heterocycles. The Labute approximate surface area is 104 Å². The highest BCUT2D eigenvalue weighted by molar-refractivity contribution is 9.10. The molecule has 0 bridgehead atoms. The Kier molecular flexibility index (Phi) is 4.54. The Morgan fingerprint density at radius 3 is 2.80 bits per heavy atom. The van der Waals surface area contributed by atoms with Gasteiger partial charge in [-0.3, -0.25) is 0 Å². The number of aryl methyl sites for hydroxylation is 1. The third kappa shape index (κ3) is 3.80. The highest BCUT2D eigenvalue weighted by atomic mass is 79.9. The van der Waals surface area contributed by atoms with Crippen molar-refractivity contribution in [2.24, 2.45) is 11.7 Å². The summed E-state index contributed by atoms with van der Waals surface area (Å²) in [5.41, 5.74) is 7.84. The first-order chi connectivity index (χ1) is 7.00. The number of nitrogens with one attached hydrogen (secondary N) is 1. The Bertz CT molecular complexity index is 366. The van der Waals surface area contributed by atoms with Crippen LogP contribution in [0.2, 0.25) is 0 Å². The number of rotatable bonds is 4. The Hall–Kier alpha value is -0.610. The lowest BCUT2D eigenvalue weighted by atomic mass is 10.1. The lowest BCUT2D eigenvalue weighted by molar-refractivity contribution is 0.821. The minimum absolute atomic E-state index is 0.208. The van der Waals surface area contributed by atoms with E-state index in [1.165, 1.54) is 5.56 Å². The van der Waals surface area contributed by atoms with Crippen LogP contribution in [-0.2, 0) is 0 Å². The van der Waals surface area contributed by atoms with Crippen molar-refractivity contribution in [1.82, 2.24) is 0 Å². The molecule has 1 rings (SSSR count). The maximum Gasteiger partial charge on any atom is 0.0773 e. The van der Waals surface area contributed by atoms with Gasteiger partial charge in [-0.2, -0.15) is 0 Å². The topological polar surface area (TPSA) is 38.0 Å². The second-order valence-corrected chi connectivity index (χ2v) is 4.97. The van der Waals surface area contributed by atoms with E-state index in [2.05, 4.69) is 40.3 Å². The molecule has 0 aliphatic rings. The molecule has 1 atom stereocenters. The van der Waals surface area contributed by atoms with E-state index in [-0.39, 0.29) is 5.92 Å². The van der Waals surface area contributed by atoms with Crippen LogP contribution in [0.25, 0.3) is 0 Å². The molecule has 1 aromatic carbocycles. The van der Waals surface area contributed by atoms with E-state index in [1.807, 2.05) is 13.0 Å². The quantitative estimate of drug-likeness (QED) is 0.836. The molecular weight excluding hydrogens is 272 g/mol. The van der Waals surface area contributed by atoms with Crippen molar-refractivity contribution in [1.29, 1.82) is 0 Å². The largest absolute Gasteiger partial charge is 0.393 e. The van der Waals surface area contributed by atoms with Crippen LogP contribution < -0.4 is 11.1 Å². The number of hydrogen-bond donors (Lipinski definition) is 2. The van der Waals surface area contributed by atoms with Crippen LogP contribution in [0.3, 0.4) is 0 Å². The van der Waals surface area contributed by atoms with Crippen molar-refractivity contribution < 1.29 is 0 Å². The van der Waals surface area contributed by atoms with Gasteiger partial charge in [-0.15, -0.1) is 0 Å². The SMILES string of the molecule is Cc1ccc(NCC(C)C(N)=S)cc1Br. The highest BCUT2D eigenvalue weighted by Gasteiger charge is 2.04. The molecule has 0 aliphatic carbocycles. The van der Waals surface area contributed by atoms with Crippen molar-refractivity contribution in [2.45, 2.75) is 13.8 Å². The maximum absolute atomic E-state index is 5.54. The zero-order valence-corrected chi connectivity index (χ0v) is 11.3. The second-order valence-electron chi connectivity index (χ2n) is 3.65. The summed E-state index contributed by atoms with van der Waals surface area (Å²) in [4.78, 5) is 0.550. The minimum atomic E-state index is 0.208. The van der Waals surface area contributed by atoms with Crippen LogP contribution >= 0.6 is 28.1 Å². The molecule has 4 heteroatoms. The van der Waals surface area contributed by atoms with Crippen LogP contribution in [0.4, 0.5) is 5.69 Å². The standard InChI is InChI=1S/C11H15BrN2S/c1-7-3-4-9(5-10(7)12)14-6-8(2)11(13)15/h3-5,8,14H,6H2,1-2H3,(H2,13,15). The van der Waals surface area contributed by atoms with Crippen molar-refractivity contribution in [3.05, 3.63) is 28.2 Å². The summed E-state index contributed by atoms with van der Waals surface area (Å²) in [6.45, 7) is 4.84. The maximum atomic E-state index is 5.54. The number of benzene rings is 1. The van der Waals surface area contributed by atoms with Gasteiger partial charge in [0.05, 0.1) is 4.99 Å². The molecule has 3 N–H and O–H groups in total. The van der Waals surface area contributed by atoms with E-state index in [0.717, 1.165) is 16.7 Å². The molecule has 15 heavy (non-hydrogen) atoms. The molecule has 2 nitrogen and oxygen atoms in total. The average molecular weight is 287 g/mol. The summed E-state index contributed by atoms with van der Waals surface area (Å²) in [5.74, 6) is 0.208. The van der Waals surface area contributed by atoms with Crippen LogP contribution in [-0.4, -0.2) is 11.5 Å². The van der Waals surface area contributed by atoms with Crippen LogP contribution in [0.1, 0.15) is 12.5 Å². The predicted octanol–water partition coefficient (Wildman–Crippen LogP) is 3.09. The number of nitrogens with two attached hydrogens (primary N) is 1. The molecule has 0 fully saturated rings. The molecule has 0 radical (unpaired) electrons. The molecule has 82 valence electrons. The summed E-state index contributed by atoms with van der Waals surface area (Å²) >= 11 is 8.40. The molecule has 0 saturated carbocycles. The molecular formula is C11H15BrN2S. The summed E-state index contributed by atoms with van der Waals surface area (Å²) in [5, 5.41) is 3.30. The number of halogens is 1. The van der Waals surface area contributed by atoms with Crippen molar-refractivity contribution in [3.63, 3.8) is 0 Å². The Morgan fingerprint density at radius 1 is 1.60 bits per heavy atom. The molecule has 0 amide bonds. The predicted molar refractivity (Wildman–Crippen MR) is 73.3 cm³/mol. The van der Waals surface area contributed by atoms with Gasteiger partial charge in [0.2, 0.25) is 0 Å². The van der Waals surface area contributed by atoms with E-state index in [1.54, 1.807) is 0 Å². The van der Waals surface area contributed by atoms with Gasteiger partial charge >= 0.3 is 0 Å². The van der Waals surface area contributed by atoms with Gasteiger partial charge in [-0.1, -0.05) is 41.1 Å². The smallest absolute Gasteiger partial charge is 0.0773 e. The van der Waals surface area contributed by atoms with Crippen molar-refractivity contribution in [2.75, 3.05) is 11.9 Å². The fraction of sp³-hybridized carbons (Fsp3) is 0.364. The highest BCUT2D eigenvalue weighted by Crippen LogP contribution is 2.20. The van der Waals surface area contributed by atoms with Gasteiger partial charge in [-0.05, 0) is 24.6 Å². The number of anilines is 1. The molecule has 0 aromatic heterocycles. The van der Waals surface area contributed by atoms with Gasteiger partial charge in [0, 0.05) is 22.6 Å². The Morgan fingerprint density at radius 2 is 2.27 bits per heavy atom. The monoisotopic (exact) mass is 286 g/mol. The van der Waals surface area contributed by atoms with Gasteiger partial charge in [0.15, 0.2) is 0 Å². The van der Waals surface area contributed by atoms with E-state index in [9.17, 15) is 0 Å². The lowest BCUT2D eigenvalue weighted by Crippen LogP contribution is -2.25.